The molecule has 2 heterocycles. The summed E-state index contributed by atoms with van der Waals surface area (Å²) in [6, 6.07) is 22.4. The Morgan fingerprint density at radius 3 is 2.51 bits per heavy atom. The molecule has 0 radical (unpaired) electrons. The van der Waals surface area contributed by atoms with Gasteiger partial charge in [-0.3, -0.25) is 9.59 Å². The second kappa shape index (κ2) is 10.2. The van der Waals surface area contributed by atoms with Crippen molar-refractivity contribution in [3.63, 3.8) is 0 Å². The molecule has 3 aromatic carbocycles. The molecule has 182 valence electrons. The number of carbonyl (C=O) groups is 2. The quantitative estimate of drug-likeness (QED) is 0.323. The first kappa shape index (κ1) is 23.6. The van der Waals surface area contributed by atoms with Crippen molar-refractivity contribution >= 4 is 34.2 Å². The largest absolute Gasteiger partial charge is 0.496 e. The third-order valence-corrected chi connectivity index (χ3v) is 5.79. The highest BCUT2D eigenvalue weighted by molar-refractivity contribution is 6.06. The van der Waals surface area contributed by atoms with E-state index >= 15 is 0 Å². The topological polar surface area (TPSA) is 106 Å². The van der Waals surface area contributed by atoms with Crippen LogP contribution in [0.2, 0.25) is 0 Å². The fourth-order valence-corrected chi connectivity index (χ4v) is 4.14. The minimum absolute atomic E-state index is 0.141. The van der Waals surface area contributed by atoms with Gasteiger partial charge in [0.1, 0.15) is 17.9 Å². The summed E-state index contributed by atoms with van der Waals surface area (Å²) < 4.78 is 5.58. The Morgan fingerprint density at radius 2 is 1.73 bits per heavy atom. The third-order valence-electron chi connectivity index (χ3n) is 5.79. The molecule has 0 unspecified atom stereocenters. The minimum Gasteiger partial charge on any atom is -0.496 e. The van der Waals surface area contributed by atoms with Crippen LogP contribution in [0.25, 0.3) is 33.2 Å². The maximum atomic E-state index is 12.9. The highest BCUT2D eigenvalue weighted by atomic mass is 16.5. The lowest BCUT2D eigenvalue weighted by atomic mass is 9.95. The molecular weight excluding hydrogens is 466 g/mol. The summed E-state index contributed by atoms with van der Waals surface area (Å²) in [5.74, 6) is 0.436. The number of anilines is 2. The number of aromatic nitrogens is 3. The summed E-state index contributed by atoms with van der Waals surface area (Å²) >= 11 is 0. The van der Waals surface area contributed by atoms with Crippen LogP contribution in [0.15, 0.2) is 91.5 Å². The Hall–Kier alpha value is -5.11. The molecule has 5 aromatic rings. The number of amides is 2. The molecule has 8 nitrogen and oxygen atoms in total. The average Bonchev–Trinajstić information content (AvgIpc) is 2.92. The zero-order valence-electron chi connectivity index (χ0n) is 20.2. The van der Waals surface area contributed by atoms with E-state index in [-0.39, 0.29) is 11.8 Å². The Bertz CT molecular complexity index is 1620. The van der Waals surface area contributed by atoms with Crippen molar-refractivity contribution in [2.75, 3.05) is 17.7 Å². The Balaban J connectivity index is 1.57. The summed E-state index contributed by atoms with van der Waals surface area (Å²) in [6.07, 6.45) is 4.89. The molecule has 0 aliphatic heterocycles. The maximum absolute atomic E-state index is 12.9. The molecule has 37 heavy (non-hydrogen) atoms. The van der Waals surface area contributed by atoms with Crippen LogP contribution < -0.4 is 15.4 Å². The van der Waals surface area contributed by atoms with Crippen molar-refractivity contribution in [3.05, 3.63) is 97.1 Å². The molecule has 0 bridgehead atoms. The zero-order valence-corrected chi connectivity index (χ0v) is 20.2. The highest BCUT2D eigenvalue weighted by Gasteiger charge is 2.16. The highest BCUT2D eigenvalue weighted by Crippen LogP contribution is 2.35. The van der Waals surface area contributed by atoms with Gasteiger partial charge in [0.05, 0.1) is 18.2 Å². The molecular formula is C29H23N5O3. The first-order chi connectivity index (χ1) is 18.0. The smallest absolute Gasteiger partial charge is 0.260 e. The van der Waals surface area contributed by atoms with Crippen LogP contribution in [0.5, 0.6) is 5.75 Å². The number of nitrogens with zero attached hydrogens (tertiary/aromatic N) is 3. The maximum Gasteiger partial charge on any atom is 0.260 e. The van der Waals surface area contributed by atoms with E-state index in [0.717, 1.165) is 33.2 Å². The van der Waals surface area contributed by atoms with Crippen molar-refractivity contribution in [2.45, 2.75) is 6.92 Å². The molecule has 2 amide bonds. The first-order valence-electron chi connectivity index (χ1n) is 11.5. The van der Waals surface area contributed by atoms with Gasteiger partial charge in [0.2, 0.25) is 5.91 Å². The second-order valence-electron chi connectivity index (χ2n) is 8.33. The SMILES string of the molecule is COc1cc(-c2cc(-c3cccc(NC(C)=O)c3)c3ncncc3c2)ccc1C(=O)Nc1ccccn1. The fourth-order valence-electron chi connectivity index (χ4n) is 4.14. The Labute approximate surface area is 213 Å². The lowest BCUT2D eigenvalue weighted by Gasteiger charge is -2.14. The lowest BCUT2D eigenvalue weighted by Crippen LogP contribution is -2.14. The normalized spacial score (nSPS) is 10.6. The van der Waals surface area contributed by atoms with Gasteiger partial charge in [-0.15, -0.1) is 0 Å². The van der Waals surface area contributed by atoms with E-state index in [4.69, 9.17) is 4.74 Å². The number of methoxy groups -OCH3 is 1. The van der Waals surface area contributed by atoms with Crippen molar-refractivity contribution in [2.24, 2.45) is 0 Å². The van der Waals surface area contributed by atoms with E-state index in [9.17, 15) is 9.59 Å². The number of ether oxygens (including phenoxy) is 1. The van der Waals surface area contributed by atoms with Gasteiger partial charge in [0.25, 0.3) is 5.91 Å². The number of nitrogens with one attached hydrogen (secondary N) is 2. The molecule has 0 aliphatic rings. The van der Waals surface area contributed by atoms with E-state index < -0.39 is 0 Å². The van der Waals surface area contributed by atoms with Gasteiger partial charge < -0.3 is 15.4 Å². The number of hydrogen-bond acceptors (Lipinski definition) is 6. The molecule has 0 atom stereocenters. The van der Waals surface area contributed by atoms with Gasteiger partial charge in [0.15, 0.2) is 0 Å². The van der Waals surface area contributed by atoms with Crippen molar-refractivity contribution < 1.29 is 14.3 Å². The molecule has 0 aliphatic carbocycles. The summed E-state index contributed by atoms with van der Waals surface area (Å²) in [6.45, 7) is 1.48. The Morgan fingerprint density at radius 1 is 0.838 bits per heavy atom. The lowest BCUT2D eigenvalue weighted by molar-refractivity contribution is -0.114. The van der Waals surface area contributed by atoms with Crippen molar-refractivity contribution in [1.82, 2.24) is 15.0 Å². The molecule has 0 saturated heterocycles. The molecule has 5 rings (SSSR count). The van der Waals surface area contributed by atoms with Gasteiger partial charge >= 0.3 is 0 Å². The van der Waals surface area contributed by atoms with Crippen LogP contribution in [0.1, 0.15) is 17.3 Å². The average molecular weight is 490 g/mol. The van der Waals surface area contributed by atoms with E-state index in [0.29, 0.717) is 22.8 Å². The summed E-state index contributed by atoms with van der Waals surface area (Å²) in [7, 11) is 1.53. The van der Waals surface area contributed by atoms with Gasteiger partial charge in [-0.05, 0) is 65.2 Å². The third kappa shape index (κ3) is 5.13. The van der Waals surface area contributed by atoms with Gasteiger partial charge in [-0.1, -0.05) is 24.3 Å². The fraction of sp³-hybridized carbons (Fsp3) is 0.0690. The van der Waals surface area contributed by atoms with E-state index in [1.807, 2.05) is 48.5 Å². The van der Waals surface area contributed by atoms with Crippen LogP contribution in [0.4, 0.5) is 11.5 Å². The zero-order chi connectivity index (χ0) is 25.8. The second-order valence-corrected chi connectivity index (χ2v) is 8.33. The molecule has 0 fully saturated rings. The molecule has 0 saturated carbocycles. The van der Waals surface area contributed by atoms with E-state index in [1.54, 1.807) is 36.7 Å². The number of pyridine rings is 1. The standard InChI is InChI=1S/C29H23N5O3/c1-18(35)33-23-7-5-6-20(13-23)25-14-21(12-22-16-30-17-32-28(22)25)19-9-10-24(26(15-19)37-2)29(36)34-27-8-3-4-11-31-27/h3-17H,1-2H3,(H,33,35)(H,31,34,36). The Kier molecular flexibility index (Phi) is 6.54. The molecule has 2 N–H and O–H groups in total. The summed E-state index contributed by atoms with van der Waals surface area (Å²) in [5, 5.41) is 6.47. The van der Waals surface area contributed by atoms with Crippen molar-refractivity contribution in [1.29, 1.82) is 0 Å². The molecule has 0 spiro atoms. The predicted molar refractivity (Wildman–Crippen MR) is 143 cm³/mol. The van der Waals surface area contributed by atoms with E-state index in [2.05, 4.69) is 25.6 Å². The van der Waals surface area contributed by atoms with Gasteiger partial charge in [0, 0.05) is 36.0 Å². The number of fused-ring (bicyclic) bond motifs is 1. The molecule has 8 heteroatoms. The predicted octanol–water partition coefficient (Wildman–Crippen LogP) is 5.58. The number of carbonyl (C=O) groups excluding carboxylic acids is 2. The molecule has 2 aromatic heterocycles. The van der Waals surface area contributed by atoms with Gasteiger partial charge in [-0.25, -0.2) is 15.0 Å². The first-order valence-corrected chi connectivity index (χ1v) is 11.5. The summed E-state index contributed by atoms with van der Waals surface area (Å²) in [4.78, 5) is 37.3. The van der Waals surface area contributed by atoms with Crippen LogP contribution in [-0.4, -0.2) is 33.9 Å². The monoisotopic (exact) mass is 489 g/mol. The van der Waals surface area contributed by atoms with Crippen LogP contribution in [0, 0.1) is 0 Å². The number of rotatable bonds is 6. The van der Waals surface area contributed by atoms with Crippen LogP contribution >= 0.6 is 0 Å². The van der Waals surface area contributed by atoms with Crippen molar-refractivity contribution in [3.8, 4) is 28.0 Å². The number of hydrogen-bond donors (Lipinski definition) is 2. The van der Waals surface area contributed by atoms with Crippen LogP contribution in [-0.2, 0) is 4.79 Å². The number of benzene rings is 3. The summed E-state index contributed by atoms with van der Waals surface area (Å²) in [5.41, 5.74) is 5.42. The van der Waals surface area contributed by atoms with Gasteiger partial charge in [-0.2, -0.15) is 0 Å². The van der Waals surface area contributed by atoms with E-state index in [1.165, 1.54) is 20.4 Å². The van der Waals surface area contributed by atoms with Crippen LogP contribution in [0.3, 0.4) is 0 Å². The minimum atomic E-state index is -0.315.